The van der Waals surface area contributed by atoms with Gasteiger partial charge in [0.25, 0.3) is 0 Å². The Balaban J connectivity index is 1.26. The molecule has 2 saturated heterocycles. The Kier molecular flexibility index (Phi) is 7.50. The third kappa shape index (κ3) is 5.02. The van der Waals surface area contributed by atoms with Crippen LogP contribution in [0.15, 0.2) is 22.2 Å². The number of nitrogens with zero attached hydrogens (tertiary/aromatic N) is 4. The fourth-order valence-electron chi connectivity index (χ4n) is 5.32. The highest BCUT2D eigenvalue weighted by molar-refractivity contribution is 9.11. The third-order valence-corrected chi connectivity index (χ3v) is 8.97. The summed E-state index contributed by atoms with van der Waals surface area (Å²) in [6.45, 7) is 7.11. The first-order valence-electron chi connectivity index (χ1n) is 12.1. The Hall–Kier alpha value is -1.59. The standard InChI is InChI=1S/C24H32BrN5O3S/c1-15-12-18(31)22-21(15)23(28-14-27-22)29-6-8-30(9-7-29)24(32)17(19-2-3-20(25)34-19)13-26-16-4-10-33-11-5-16/h2-3,14-18,26,31H,4-13H2,1H3. The fourth-order valence-corrected chi connectivity index (χ4v) is 6.84. The lowest BCUT2D eigenvalue weighted by atomic mass is 10.0. The lowest BCUT2D eigenvalue weighted by molar-refractivity contribution is -0.133. The van der Waals surface area contributed by atoms with E-state index in [1.165, 1.54) is 0 Å². The molecule has 0 radical (unpaired) electrons. The van der Waals surface area contributed by atoms with Crippen molar-refractivity contribution in [1.29, 1.82) is 0 Å². The Morgan fingerprint density at radius 1 is 1.26 bits per heavy atom. The van der Waals surface area contributed by atoms with Gasteiger partial charge in [0.05, 0.1) is 21.5 Å². The first-order valence-corrected chi connectivity index (χ1v) is 13.7. The van der Waals surface area contributed by atoms with E-state index in [1.807, 2.05) is 11.0 Å². The minimum atomic E-state index is -0.510. The molecule has 2 N–H and O–H groups in total. The normalized spacial score (nSPS) is 24.3. The largest absolute Gasteiger partial charge is 0.387 e. The van der Waals surface area contributed by atoms with Crippen LogP contribution in [0.3, 0.4) is 0 Å². The quantitative estimate of drug-likeness (QED) is 0.572. The van der Waals surface area contributed by atoms with E-state index in [1.54, 1.807) is 17.7 Å². The molecular formula is C24H32BrN5O3S. The molecule has 8 nitrogen and oxygen atoms in total. The molecule has 3 aliphatic rings. The number of hydrogen-bond donors (Lipinski definition) is 2. The minimum absolute atomic E-state index is 0.185. The van der Waals surface area contributed by atoms with E-state index in [0.717, 1.165) is 64.9 Å². The fraction of sp³-hybridized carbons (Fsp3) is 0.625. The summed E-state index contributed by atoms with van der Waals surface area (Å²) in [5.74, 6) is 1.15. The highest BCUT2D eigenvalue weighted by Crippen LogP contribution is 2.42. The molecule has 0 bridgehead atoms. The number of aliphatic hydroxyl groups excluding tert-OH is 1. The molecule has 4 heterocycles. The van der Waals surface area contributed by atoms with Crippen molar-refractivity contribution in [2.75, 3.05) is 50.8 Å². The first-order chi connectivity index (χ1) is 16.5. The summed E-state index contributed by atoms with van der Waals surface area (Å²) in [4.78, 5) is 27.9. The number of fused-ring (bicyclic) bond motifs is 1. The maximum absolute atomic E-state index is 13.7. The summed E-state index contributed by atoms with van der Waals surface area (Å²) >= 11 is 5.20. The highest BCUT2D eigenvalue weighted by atomic mass is 79.9. The summed E-state index contributed by atoms with van der Waals surface area (Å²) in [6, 6.07) is 4.50. The van der Waals surface area contributed by atoms with Crippen molar-refractivity contribution in [3.63, 3.8) is 0 Å². The van der Waals surface area contributed by atoms with Crippen LogP contribution in [0.25, 0.3) is 0 Å². The van der Waals surface area contributed by atoms with Gasteiger partial charge >= 0.3 is 0 Å². The van der Waals surface area contributed by atoms with Crippen molar-refractivity contribution in [3.8, 4) is 0 Å². The van der Waals surface area contributed by atoms with Crippen LogP contribution in [0.5, 0.6) is 0 Å². The highest BCUT2D eigenvalue weighted by Gasteiger charge is 2.35. The number of anilines is 1. The Morgan fingerprint density at radius 2 is 2.03 bits per heavy atom. The van der Waals surface area contributed by atoms with Crippen LogP contribution in [-0.4, -0.2) is 77.9 Å². The van der Waals surface area contributed by atoms with E-state index >= 15 is 0 Å². The van der Waals surface area contributed by atoms with Gasteiger partial charge in [0.1, 0.15) is 12.1 Å². The van der Waals surface area contributed by atoms with Gasteiger partial charge in [0.15, 0.2) is 0 Å². The lowest BCUT2D eigenvalue weighted by Gasteiger charge is -2.38. The smallest absolute Gasteiger partial charge is 0.232 e. The van der Waals surface area contributed by atoms with Gasteiger partial charge in [-0.05, 0) is 53.2 Å². The monoisotopic (exact) mass is 549 g/mol. The number of carbonyl (C=O) groups excluding carboxylic acids is 1. The van der Waals surface area contributed by atoms with E-state index in [0.29, 0.717) is 32.1 Å². The predicted molar refractivity (Wildman–Crippen MR) is 135 cm³/mol. The Bertz CT molecular complexity index is 1010. The Morgan fingerprint density at radius 3 is 2.74 bits per heavy atom. The molecule has 5 rings (SSSR count). The van der Waals surface area contributed by atoms with Gasteiger partial charge in [0.2, 0.25) is 5.91 Å². The van der Waals surface area contributed by atoms with Gasteiger partial charge in [-0.3, -0.25) is 4.79 Å². The Labute approximate surface area is 212 Å². The molecule has 3 atom stereocenters. The summed E-state index contributed by atoms with van der Waals surface area (Å²) in [7, 11) is 0. The van der Waals surface area contributed by atoms with Crippen LogP contribution in [0.1, 0.15) is 60.3 Å². The van der Waals surface area contributed by atoms with Gasteiger partial charge in [0, 0.05) is 62.4 Å². The summed E-state index contributed by atoms with van der Waals surface area (Å²) in [6.07, 6.45) is 3.72. The van der Waals surface area contributed by atoms with Gasteiger partial charge < -0.3 is 25.0 Å². The van der Waals surface area contributed by atoms with Crippen LogP contribution in [0.4, 0.5) is 5.82 Å². The molecule has 0 spiro atoms. The number of halogens is 1. The molecule has 2 aliphatic heterocycles. The molecule has 2 aromatic heterocycles. The number of nitrogens with one attached hydrogen (secondary N) is 1. The van der Waals surface area contributed by atoms with Crippen LogP contribution < -0.4 is 10.2 Å². The van der Waals surface area contributed by atoms with Crippen molar-refractivity contribution in [1.82, 2.24) is 20.2 Å². The topological polar surface area (TPSA) is 90.8 Å². The van der Waals surface area contributed by atoms with E-state index in [2.05, 4.69) is 49.1 Å². The summed E-state index contributed by atoms with van der Waals surface area (Å²) < 4.78 is 6.52. The number of piperazine rings is 1. The van der Waals surface area contributed by atoms with Crippen molar-refractivity contribution < 1.29 is 14.6 Å². The lowest BCUT2D eigenvalue weighted by Crippen LogP contribution is -2.51. The number of hydrogen-bond acceptors (Lipinski definition) is 8. The minimum Gasteiger partial charge on any atom is -0.387 e. The molecule has 0 aromatic carbocycles. The molecular weight excluding hydrogens is 518 g/mol. The van der Waals surface area contributed by atoms with E-state index < -0.39 is 6.10 Å². The number of rotatable bonds is 6. The average molecular weight is 551 g/mol. The number of amides is 1. The average Bonchev–Trinajstić information content (AvgIpc) is 3.42. The predicted octanol–water partition coefficient (Wildman–Crippen LogP) is 3.04. The number of carbonyl (C=O) groups is 1. The van der Waals surface area contributed by atoms with Crippen molar-refractivity contribution in [3.05, 3.63) is 38.4 Å². The van der Waals surface area contributed by atoms with Gasteiger partial charge in [-0.25, -0.2) is 9.97 Å². The van der Waals surface area contributed by atoms with Gasteiger partial charge in [-0.2, -0.15) is 0 Å². The van der Waals surface area contributed by atoms with Crippen molar-refractivity contribution in [2.45, 2.75) is 50.2 Å². The second kappa shape index (κ2) is 10.6. The third-order valence-electron chi connectivity index (χ3n) is 7.24. The summed E-state index contributed by atoms with van der Waals surface area (Å²) in [5, 5.41) is 14.0. The molecule has 10 heteroatoms. The summed E-state index contributed by atoms with van der Waals surface area (Å²) in [5.41, 5.74) is 1.83. The van der Waals surface area contributed by atoms with Crippen LogP contribution >= 0.6 is 27.3 Å². The number of thiophene rings is 1. The molecule has 34 heavy (non-hydrogen) atoms. The second-order valence-corrected chi connectivity index (χ2v) is 11.9. The number of aromatic nitrogens is 2. The van der Waals surface area contributed by atoms with E-state index in [-0.39, 0.29) is 17.7 Å². The van der Waals surface area contributed by atoms with Crippen LogP contribution in [-0.2, 0) is 9.53 Å². The number of ether oxygens (including phenoxy) is 1. The molecule has 1 amide bonds. The zero-order chi connectivity index (χ0) is 23.7. The van der Waals surface area contributed by atoms with Crippen molar-refractivity contribution in [2.24, 2.45) is 0 Å². The molecule has 3 unspecified atom stereocenters. The van der Waals surface area contributed by atoms with Gasteiger partial charge in [-0.1, -0.05) is 6.92 Å². The molecule has 184 valence electrons. The maximum atomic E-state index is 13.7. The van der Waals surface area contributed by atoms with Crippen LogP contribution in [0, 0.1) is 0 Å². The molecule has 1 aliphatic carbocycles. The molecule has 0 saturated carbocycles. The second-order valence-electron chi connectivity index (χ2n) is 9.45. The van der Waals surface area contributed by atoms with Gasteiger partial charge in [-0.15, -0.1) is 11.3 Å². The molecule has 2 fully saturated rings. The first kappa shape index (κ1) is 24.1. The SMILES string of the molecule is CC1CC(O)c2ncnc(N3CCN(C(=O)C(CNC4CCOCC4)c4ccc(Br)s4)CC3)c21. The van der Waals surface area contributed by atoms with E-state index in [4.69, 9.17) is 4.74 Å². The van der Waals surface area contributed by atoms with Crippen molar-refractivity contribution >= 4 is 39.0 Å². The maximum Gasteiger partial charge on any atom is 0.232 e. The zero-order valence-electron chi connectivity index (χ0n) is 19.5. The zero-order valence-corrected chi connectivity index (χ0v) is 21.9. The van der Waals surface area contributed by atoms with Crippen LogP contribution in [0.2, 0.25) is 0 Å². The van der Waals surface area contributed by atoms with E-state index in [9.17, 15) is 9.90 Å². The molecule has 2 aromatic rings. The number of aliphatic hydroxyl groups is 1.